The largest absolute Gasteiger partial charge is 0.502 e. The van der Waals surface area contributed by atoms with Gasteiger partial charge in [-0.2, -0.15) is 0 Å². The predicted molar refractivity (Wildman–Crippen MR) is 95.7 cm³/mol. The van der Waals surface area contributed by atoms with Crippen molar-refractivity contribution >= 4 is 5.91 Å². The third-order valence-corrected chi connectivity index (χ3v) is 4.72. The molecule has 5 nitrogen and oxygen atoms in total. The Bertz CT molecular complexity index is 762. The number of likely N-dealkylation sites (tertiary alicyclic amines) is 1. The minimum atomic E-state index is -0.0967. The third-order valence-electron chi connectivity index (χ3n) is 4.72. The van der Waals surface area contributed by atoms with Crippen LogP contribution >= 0.6 is 0 Å². The molecular formula is C20H23NO4. The van der Waals surface area contributed by atoms with E-state index in [9.17, 15) is 9.90 Å². The van der Waals surface area contributed by atoms with Crippen LogP contribution in [0.2, 0.25) is 0 Å². The van der Waals surface area contributed by atoms with Gasteiger partial charge in [-0.3, -0.25) is 4.79 Å². The standard InChI is InChI=1S/C20H23NO4/c1-13-5-4-6-14(9-13)15-7-8-21(12-15)20(23)16-10-17(24-2)19(22)18(11-16)25-3/h4-6,9-11,15,22H,7-8,12H2,1-3H3/t15-/m0/s1. The number of methoxy groups -OCH3 is 2. The molecule has 1 saturated heterocycles. The normalized spacial score (nSPS) is 16.8. The average Bonchev–Trinajstić information content (AvgIpc) is 3.11. The highest BCUT2D eigenvalue weighted by Crippen LogP contribution is 2.38. The van der Waals surface area contributed by atoms with Crippen molar-refractivity contribution in [1.29, 1.82) is 0 Å². The zero-order chi connectivity index (χ0) is 18.0. The van der Waals surface area contributed by atoms with Gasteiger partial charge in [-0.25, -0.2) is 0 Å². The number of phenols is 1. The SMILES string of the molecule is COc1cc(C(=O)N2CC[C@H](c3cccc(C)c3)C2)cc(OC)c1O. The van der Waals surface area contributed by atoms with Crippen molar-refractivity contribution in [2.45, 2.75) is 19.3 Å². The van der Waals surface area contributed by atoms with Crippen LogP contribution in [0.4, 0.5) is 0 Å². The van der Waals surface area contributed by atoms with Crippen LogP contribution in [-0.4, -0.2) is 43.2 Å². The van der Waals surface area contributed by atoms with Crippen LogP contribution in [0, 0.1) is 6.92 Å². The minimum absolute atomic E-state index is 0.0771. The van der Waals surface area contributed by atoms with Crippen LogP contribution < -0.4 is 9.47 Å². The highest BCUT2D eigenvalue weighted by Gasteiger charge is 2.29. The first kappa shape index (κ1) is 17.1. The summed E-state index contributed by atoms with van der Waals surface area (Å²) in [4.78, 5) is 14.7. The monoisotopic (exact) mass is 341 g/mol. The first-order valence-electron chi connectivity index (χ1n) is 8.34. The molecule has 0 aromatic heterocycles. The van der Waals surface area contributed by atoms with Gasteiger partial charge in [-0.1, -0.05) is 29.8 Å². The number of carbonyl (C=O) groups is 1. The second kappa shape index (κ2) is 7.05. The summed E-state index contributed by atoms with van der Waals surface area (Å²) >= 11 is 0. The van der Waals surface area contributed by atoms with Gasteiger partial charge in [-0.05, 0) is 31.0 Å². The quantitative estimate of drug-likeness (QED) is 0.926. The molecule has 1 heterocycles. The molecule has 1 aliphatic rings. The summed E-state index contributed by atoms with van der Waals surface area (Å²) in [5.74, 6) is 0.645. The van der Waals surface area contributed by atoms with Gasteiger partial charge in [-0.15, -0.1) is 0 Å². The van der Waals surface area contributed by atoms with E-state index in [-0.39, 0.29) is 23.2 Å². The molecule has 0 unspecified atom stereocenters. The maximum Gasteiger partial charge on any atom is 0.254 e. The van der Waals surface area contributed by atoms with Gasteiger partial charge in [0.1, 0.15) is 0 Å². The smallest absolute Gasteiger partial charge is 0.254 e. The zero-order valence-corrected chi connectivity index (χ0v) is 14.8. The van der Waals surface area contributed by atoms with Gasteiger partial charge in [0.15, 0.2) is 11.5 Å². The van der Waals surface area contributed by atoms with E-state index >= 15 is 0 Å². The Hall–Kier alpha value is -2.69. The topological polar surface area (TPSA) is 59.0 Å². The fourth-order valence-corrected chi connectivity index (χ4v) is 3.34. The number of phenolic OH excluding ortho intramolecular Hbond substituents is 1. The summed E-state index contributed by atoms with van der Waals surface area (Å²) in [6.45, 7) is 3.48. The van der Waals surface area contributed by atoms with Crippen LogP contribution in [-0.2, 0) is 0 Å². The maximum absolute atomic E-state index is 12.9. The van der Waals surface area contributed by atoms with E-state index in [2.05, 4.69) is 31.2 Å². The van der Waals surface area contributed by atoms with E-state index in [0.29, 0.717) is 24.6 Å². The molecule has 2 aromatic carbocycles. The summed E-state index contributed by atoms with van der Waals surface area (Å²) < 4.78 is 10.3. The van der Waals surface area contributed by atoms with Crippen LogP contribution in [0.3, 0.4) is 0 Å². The number of aromatic hydroxyl groups is 1. The summed E-state index contributed by atoms with van der Waals surface area (Å²) in [7, 11) is 2.90. The van der Waals surface area contributed by atoms with E-state index in [4.69, 9.17) is 9.47 Å². The van der Waals surface area contributed by atoms with Gasteiger partial charge in [0.2, 0.25) is 5.75 Å². The molecule has 1 amide bonds. The Kier molecular flexibility index (Phi) is 4.83. The van der Waals surface area contributed by atoms with Crippen molar-refractivity contribution in [2.24, 2.45) is 0 Å². The van der Waals surface area contributed by atoms with Gasteiger partial charge in [0.05, 0.1) is 14.2 Å². The Balaban J connectivity index is 1.80. The highest BCUT2D eigenvalue weighted by atomic mass is 16.5. The van der Waals surface area contributed by atoms with E-state index in [1.54, 1.807) is 12.1 Å². The summed E-state index contributed by atoms with van der Waals surface area (Å²) in [5, 5.41) is 10.0. The van der Waals surface area contributed by atoms with E-state index in [0.717, 1.165) is 6.42 Å². The predicted octanol–water partition coefficient (Wildman–Crippen LogP) is 3.35. The molecule has 0 bridgehead atoms. The van der Waals surface area contributed by atoms with Gasteiger partial charge >= 0.3 is 0 Å². The van der Waals surface area contributed by atoms with Crippen molar-refractivity contribution in [1.82, 2.24) is 4.90 Å². The third kappa shape index (κ3) is 3.40. The average molecular weight is 341 g/mol. The van der Waals surface area contributed by atoms with Gasteiger partial charge in [0.25, 0.3) is 5.91 Å². The van der Waals surface area contributed by atoms with Crippen molar-refractivity contribution < 1.29 is 19.4 Å². The van der Waals surface area contributed by atoms with Crippen molar-refractivity contribution in [3.05, 3.63) is 53.1 Å². The van der Waals surface area contributed by atoms with Crippen molar-refractivity contribution in [2.75, 3.05) is 27.3 Å². The molecule has 0 aliphatic carbocycles. The molecule has 132 valence electrons. The Morgan fingerprint density at radius 3 is 2.44 bits per heavy atom. The van der Waals surface area contributed by atoms with Crippen molar-refractivity contribution in [3.63, 3.8) is 0 Å². The van der Waals surface area contributed by atoms with Crippen LogP contribution in [0.15, 0.2) is 36.4 Å². The molecular weight excluding hydrogens is 318 g/mol. The molecule has 0 saturated carbocycles. The molecule has 0 spiro atoms. The second-order valence-corrected chi connectivity index (χ2v) is 6.38. The van der Waals surface area contributed by atoms with Crippen LogP contribution in [0.1, 0.15) is 33.8 Å². The van der Waals surface area contributed by atoms with Gasteiger partial charge < -0.3 is 19.5 Å². The first-order valence-corrected chi connectivity index (χ1v) is 8.34. The molecule has 0 radical (unpaired) electrons. The molecule has 1 fully saturated rings. The second-order valence-electron chi connectivity index (χ2n) is 6.38. The number of aryl methyl sites for hydroxylation is 1. The number of hydrogen-bond acceptors (Lipinski definition) is 4. The molecule has 1 aliphatic heterocycles. The van der Waals surface area contributed by atoms with Crippen LogP contribution in [0.5, 0.6) is 17.2 Å². The van der Waals surface area contributed by atoms with Crippen LogP contribution in [0.25, 0.3) is 0 Å². The van der Waals surface area contributed by atoms with E-state index in [1.165, 1.54) is 25.3 Å². The number of nitrogens with zero attached hydrogens (tertiary/aromatic N) is 1. The summed E-state index contributed by atoms with van der Waals surface area (Å²) in [5.41, 5.74) is 2.96. The molecule has 3 rings (SSSR count). The molecule has 2 aromatic rings. The van der Waals surface area contributed by atoms with E-state index < -0.39 is 0 Å². The maximum atomic E-state index is 12.9. The number of ether oxygens (including phenoxy) is 2. The van der Waals surface area contributed by atoms with Crippen molar-refractivity contribution in [3.8, 4) is 17.2 Å². The molecule has 25 heavy (non-hydrogen) atoms. The number of rotatable bonds is 4. The Morgan fingerprint density at radius 1 is 1.16 bits per heavy atom. The fourth-order valence-electron chi connectivity index (χ4n) is 3.34. The number of amides is 1. The summed E-state index contributed by atoms with van der Waals surface area (Å²) in [6, 6.07) is 11.6. The number of carbonyl (C=O) groups excluding carboxylic acids is 1. The summed E-state index contributed by atoms with van der Waals surface area (Å²) in [6.07, 6.45) is 0.946. The molecule has 1 N–H and O–H groups in total. The lowest BCUT2D eigenvalue weighted by atomic mass is 9.97. The zero-order valence-electron chi connectivity index (χ0n) is 14.8. The lowest BCUT2D eigenvalue weighted by molar-refractivity contribution is 0.0790. The minimum Gasteiger partial charge on any atom is -0.502 e. The first-order chi connectivity index (χ1) is 12.0. The highest BCUT2D eigenvalue weighted by molar-refractivity contribution is 5.95. The Morgan fingerprint density at radius 2 is 1.84 bits per heavy atom. The van der Waals surface area contributed by atoms with Gasteiger partial charge in [0, 0.05) is 24.6 Å². The van der Waals surface area contributed by atoms with E-state index in [1.807, 2.05) is 4.90 Å². The lowest BCUT2D eigenvalue weighted by Crippen LogP contribution is -2.28. The Labute approximate surface area is 147 Å². The fraction of sp³-hybridized carbons (Fsp3) is 0.350. The number of hydrogen-bond donors (Lipinski definition) is 1. The molecule has 5 heteroatoms. The molecule has 1 atom stereocenters. The lowest BCUT2D eigenvalue weighted by Gasteiger charge is -2.18. The number of benzene rings is 2.